The van der Waals surface area contributed by atoms with Crippen molar-refractivity contribution < 1.29 is 4.74 Å². The van der Waals surface area contributed by atoms with Gasteiger partial charge in [0.05, 0.1) is 18.1 Å². The van der Waals surface area contributed by atoms with E-state index in [9.17, 15) is 0 Å². The molecule has 1 aliphatic rings. The van der Waals surface area contributed by atoms with Gasteiger partial charge in [-0.05, 0) is 24.0 Å². The largest absolute Gasteiger partial charge is 0.372 e. The van der Waals surface area contributed by atoms with Gasteiger partial charge in [-0.15, -0.1) is 21.5 Å². The van der Waals surface area contributed by atoms with Crippen LogP contribution in [0.5, 0.6) is 0 Å². The summed E-state index contributed by atoms with van der Waals surface area (Å²) in [6, 6.07) is 0. The second-order valence-electron chi connectivity index (χ2n) is 5.93. The molecule has 0 aromatic carbocycles. The van der Waals surface area contributed by atoms with E-state index in [-0.39, 0.29) is 6.10 Å². The summed E-state index contributed by atoms with van der Waals surface area (Å²) in [7, 11) is 0. The second kappa shape index (κ2) is 5.91. The van der Waals surface area contributed by atoms with Crippen LogP contribution in [0.3, 0.4) is 0 Å². The van der Waals surface area contributed by atoms with Crippen LogP contribution in [-0.2, 0) is 17.8 Å². The van der Waals surface area contributed by atoms with E-state index in [0.29, 0.717) is 12.5 Å². The molecule has 0 radical (unpaired) electrons. The summed E-state index contributed by atoms with van der Waals surface area (Å²) in [6.07, 6.45) is 5.27. The van der Waals surface area contributed by atoms with Gasteiger partial charge in [0.2, 0.25) is 0 Å². The van der Waals surface area contributed by atoms with Crippen LogP contribution < -0.4 is 0 Å². The summed E-state index contributed by atoms with van der Waals surface area (Å²) < 4.78 is 8.11. The van der Waals surface area contributed by atoms with E-state index >= 15 is 0 Å². The zero-order chi connectivity index (χ0) is 16.1. The van der Waals surface area contributed by atoms with Crippen LogP contribution in [0, 0.1) is 5.92 Å². The van der Waals surface area contributed by atoms with Crippen molar-refractivity contribution in [2.45, 2.75) is 43.3 Å². The molecule has 0 aliphatic carbocycles. The molecular formula is C15H18N4OS3. The minimum absolute atomic E-state index is 0.267. The summed E-state index contributed by atoms with van der Waals surface area (Å²) in [5.41, 5.74) is 2.30. The van der Waals surface area contributed by atoms with Crippen molar-refractivity contribution in [3.05, 3.63) is 10.4 Å². The van der Waals surface area contributed by atoms with Gasteiger partial charge in [-0.1, -0.05) is 37.4 Å². The van der Waals surface area contributed by atoms with Crippen LogP contribution in [0.1, 0.15) is 24.3 Å². The minimum Gasteiger partial charge on any atom is -0.372 e. The fraction of sp³-hybridized carbons (Fsp3) is 0.533. The maximum atomic E-state index is 6.02. The Morgan fingerprint density at radius 1 is 1.22 bits per heavy atom. The molecule has 3 aromatic heterocycles. The highest BCUT2D eigenvalue weighted by Crippen LogP contribution is 2.39. The molecule has 0 bridgehead atoms. The van der Waals surface area contributed by atoms with Gasteiger partial charge in [-0.3, -0.25) is 0 Å². The molecule has 0 fully saturated rings. The van der Waals surface area contributed by atoms with Crippen molar-refractivity contribution in [1.29, 1.82) is 0 Å². The quantitative estimate of drug-likeness (QED) is 0.518. The van der Waals surface area contributed by atoms with Gasteiger partial charge in [0.25, 0.3) is 0 Å². The van der Waals surface area contributed by atoms with E-state index in [1.165, 1.54) is 15.8 Å². The molecule has 1 atom stereocenters. The number of aromatic nitrogens is 4. The summed E-state index contributed by atoms with van der Waals surface area (Å²) in [6.45, 7) is 5.11. The average Bonchev–Trinajstić information content (AvgIpc) is 3.13. The number of rotatable bonds is 3. The Bertz CT molecular complexity index is 886. The summed E-state index contributed by atoms with van der Waals surface area (Å²) in [5, 5.41) is 11.8. The van der Waals surface area contributed by atoms with E-state index in [0.717, 1.165) is 27.2 Å². The lowest BCUT2D eigenvalue weighted by molar-refractivity contribution is 0.00203. The number of nitrogens with zero attached hydrogens (tertiary/aromatic N) is 4. The first-order chi connectivity index (χ1) is 11.1. The Morgan fingerprint density at radius 2 is 2.00 bits per heavy atom. The average molecular weight is 367 g/mol. The minimum atomic E-state index is 0.267. The van der Waals surface area contributed by atoms with E-state index in [2.05, 4.69) is 28.4 Å². The highest BCUT2D eigenvalue weighted by molar-refractivity contribution is 7.99. The summed E-state index contributed by atoms with van der Waals surface area (Å²) >= 11 is 4.97. The molecule has 122 valence electrons. The first kappa shape index (κ1) is 15.7. The van der Waals surface area contributed by atoms with E-state index < -0.39 is 0 Å². The first-order valence-corrected chi connectivity index (χ1v) is 10.8. The molecule has 0 spiro atoms. The molecule has 0 N–H and O–H groups in total. The van der Waals surface area contributed by atoms with E-state index in [1.807, 2.05) is 12.5 Å². The van der Waals surface area contributed by atoms with Gasteiger partial charge in [-0.2, -0.15) is 0 Å². The fourth-order valence-corrected chi connectivity index (χ4v) is 5.27. The van der Waals surface area contributed by atoms with Gasteiger partial charge in [0.15, 0.2) is 16.0 Å². The lowest BCUT2D eigenvalue weighted by Gasteiger charge is -2.26. The highest BCUT2D eigenvalue weighted by Gasteiger charge is 2.28. The third-order valence-corrected chi connectivity index (χ3v) is 6.63. The zero-order valence-electron chi connectivity index (χ0n) is 13.5. The van der Waals surface area contributed by atoms with Crippen LogP contribution in [0.2, 0.25) is 0 Å². The molecule has 5 nitrogen and oxygen atoms in total. The van der Waals surface area contributed by atoms with E-state index in [4.69, 9.17) is 9.72 Å². The maximum Gasteiger partial charge on any atom is 0.197 e. The predicted molar refractivity (Wildman–Crippen MR) is 96.8 cm³/mol. The van der Waals surface area contributed by atoms with Gasteiger partial charge in [0, 0.05) is 11.3 Å². The summed E-state index contributed by atoms with van der Waals surface area (Å²) in [5.74, 6) is 0.507. The van der Waals surface area contributed by atoms with Crippen LogP contribution in [0.15, 0.2) is 10.3 Å². The topological polar surface area (TPSA) is 52.3 Å². The third-order valence-electron chi connectivity index (χ3n) is 4.26. The van der Waals surface area contributed by atoms with Crippen molar-refractivity contribution in [1.82, 2.24) is 19.6 Å². The van der Waals surface area contributed by atoms with Crippen LogP contribution in [0.4, 0.5) is 0 Å². The second-order valence-corrected chi connectivity index (χ2v) is 8.56. The highest BCUT2D eigenvalue weighted by atomic mass is 32.2. The standard InChI is InChI=1S/C15H18N4OS3/c1-7(2)9-5-8-10(6-20-9)23-13-11(8)12-17-18-15(22-4)19(12)14(16-13)21-3/h7,9H,5-6H2,1-4H3/t9-/m1/s1. The molecule has 8 heteroatoms. The fourth-order valence-electron chi connectivity index (χ4n) is 3.02. The van der Waals surface area contributed by atoms with Crippen LogP contribution >= 0.6 is 34.9 Å². The number of thioether (sulfide) groups is 2. The van der Waals surface area contributed by atoms with Crippen molar-refractivity contribution in [2.75, 3.05) is 12.5 Å². The molecule has 0 unspecified atom stereocenters. The molecular weight excluding hydrogens is 348 g/mol. The molecule has 3 aromatic rings. The van der Waals surface area contributed by atoms with Gasteiger partial charge >= 0.3 is 0 Å². The molecule has 0 saturated carbocycles. The Labute approximate surface area is 147 Å². The predicted octanol–water partition coefficient (Wildman–Crippen LogP) is 3.88. The lowest BCUT2D eigenvalue weighted by Crippen LogP contribution is -2.26. The number of hydrogen-bond acceptors (Lipinski definition) is 7. The zero-order valence-corrected chi connectivity index (χ0v) is 15.9. The van der Waals surface area contributed by atoms with Gasteiger partial charge in [0.1, 0.15) is 4.83 Å². The monoisotopic (exact) mass is 366 g/mol. The lowest BCUT2D eigenvalue weighted by atomic mass is 9.96. The molecule has 0 saturated heterocycles. The molecule has 0 amide bonds. The molecule has 4 heterocycles. The molecule has 1 aliphatic heterocycles. The Morgan fingerprint density at radius 3 is 2.70 bits per heavy atom. The van der Waals surface area contributed by atoms with Crippen molar-refractivity contribution in [2.24, 2.45) is 5.92 Å². The Balaban J connectivity index is 2.01. The van der Waals surface area contributed by atoms with E-state index in [1.54, 1.807) is 34.9 Å². The number of hydrogen-bond donors (Lipinski definition) is 0. The number of thiophene rings is 1. The van der Waals surface area contributed by atoms with Gasteiger partial charge < -0.3 is 4.74 Å². The third kappa shape index (κ3) is 2.38. The maximum absolute atomic E-state index is 6.02. The van der Waals surface area contributed by atoms with Gasteiger partial charge in [-0.25, -0.2) is 9.38 Å². The molecule has 4 rings (SSSR count). The Hall–Kier alpha value is -0.830. The van der Waals surface area contributed by atoms with Crippen molar-refractivity contribution in [3.8, 4) is 0 Å². The molecule has 23 heavy (non-hydrogen) atoms. The summed E-state index contributed by atoms with van der Waals surface area (Å²) in [4.78, 5) is 7.22. The van der Waals surface area contributed by atoms with Crippen LogP contribution in [-0.4, -0.2) is 38.2 Å². The number of ether oxygens (including phenoxy) is 1. The SMILES string of the molecule is CSc1nnc2c3c4c(sc3nc(SC)n12)CO[C@@H](C(C)C)C4. The smallest absolute Gasteiger partial charge is 0.197 e. The van der Waals surface area contributed by atoms with Crippen molar-refractivity contribution in [3.63, 3.8) is 0 Å². The normalized spacial score (nSPS) is 18.2. The first-order valence-electron chi connectivity index (χ1n) is 7.53. The van der Waals surface area contributed by atoms with Crippen LogP contribution in [0.25, 0.3) is 15.9 Å². The Kier molecular flexibility index (Phi) is 4.03. The van der Waals surface area contributed by atoms with Crippen molar-refractivity contribution >= 4 is 50.7 Å². The number of fused-ring (bicyclic) bond motifs is 5.